The minimum absolute atomic E-state index is 0.188. The number of H-pyrrole nitrogens is 1. The zero-order chi connectivity index (χ0) is 12.1. The second-order valence-electron chi connectivity index (χ2n) is 4.12. The molecular weight excluding hydrogens is 218 g/mol. The number of rotatable bonds is 3. The second-order valence-corrected chi connectivity index (χ2v) is 4.12. The molecule has 2 N–H and O–H groups in total. The Balaban J connectivity index is 1.89. The van der Waals surface area contributed by atoms with Crippen LogP contribution in [0.25, 0.3) is 0 Å². The highest BCUT2D eigenvalue weighted by atomic mass is 16.1. The van der Waals surface area contributed by atoms with Crippen LogP contribution in [0.4, 0.5) is 5.82 Å². The van der Waals surface area contributed by atoms with Crippen molar-refractivity contribution < 1.29 is 0 Å². The van der Waals surface area contributed by atoms with Crippen molar-refractivity contribution in [3.05, 3.63) is 22.7 Å². The Kier molecular flexibility index (Phi) is 3.73. The third-order valence-corrected chi connectivity index (χ3v) is 2.93. The van der Waals surface area contributed by atoms with Gasteiger partial charge in [0, 0.05) is 31.5 Å². The average Bonchev–Trinajstić information content (AvgIpc) is 2.35. The molecular formula is C11H15N5O. The van der Waals surface area contributed by atoms with Crippen LogP contribution in [-0.2, 0) is 0 Å². The standard InChI is InChI=1S/C11H15N5O/c12-3-8-16-6-1-9(2-7-16)15-10-11(17)14-5-4-13-10/h4-5,9H,1-2,6-8H2,(H,13,15)(H,14,17). The van der Waals surface area contributed by atoms with E-state index in [9.17, 15) is 4.79 Å². The van der Waals surface area contributed by atoms with Crippen molar-refractivity contribution in [1.29, 1.82) is 5.26 Å². The molecule has 0 aromatic carbocycles. The highest BCUT2D eigenvalue weighted by molar-refractivity contribution is 5.31. The number of aromatic amines is 1. The summed E-state index contributed by atoms with van der Waals surface area (Å²) in [6, 6.07) is 2.41. The number of nitrogens with zero attached hydrogens (tertiary/aromatic N) is 3. The predicted molar refractivity (Wildman–Crippen MR) is 63.6 cm³/mol. The van der Waals surface area contributed by atoms with Crippen molar-refractivity contribution in [2.75, 3.05) is 25.0 Å². The fourth-order valence-corrected chi connectivity index (χ4v) is 1.98. The third-order valence-electron chi connectivity index (χ3n) is 2.93. The van der Waals surface area contributed by atoms with Crippen molar-refractivity contribution in [2.24, 2.45) is 0 Å². The summed E-state index contributed by atoms with van der Waals surface area (Å²) < 4.78 is 0. The topological polar surface area (TPSA) is 84.8 Å². The molecule has 0 atom stereocenters. The Morgan fingerprint density at radius 1 is 1.59 bits per heavy atom. The van der Waals surface area contributed by atoms with Crippen LogP contribution in [0, 0.1) is 11.3 Å². The number of nitriles is 1. The Morgan fingerprint density at radius 2 is 2.35 bits per heavy atom. The molecule has 1 fully saturated rings. The van der Waals surface area contributed by atoms with E-state index in [2.05, 4.69) is 26.3 Å². The molecule has 17 heavy (non-hydrogen) atoms. The zero-order valence-corrected chi connectivity index (χ0v) is 9.52. The van der Waals surface area contributed by atoms with Crippen molar-refractivity contribution in [3.8, 4) is 6.07 Å². The molecule has 1 aromatic rings. The van der Waals surface area contributed by atoms with E-state index in [1.165, 1.54) is 6.20 Å². The Labute approximate surface area is 99.3 Å². The van der Waals surface area contributed by atoms with Gasteiger partial charge in [0.2, 0.25) is 0 Å². The van der Waals surface area contributed by atoms with E-state index < -0.39 is 0 Å². The van der Waals surface area contributed by atoms with Crippen LogP contribution in [-0.4, -0.2) is 40.5 Å². The van der Waals surface area contributed by atoms with Crippen LogP contribution in [0.5, 0.6) is 0 Å². The van der Waals surface area contributed by atoms with Crippen molar-refractivity contribution in [1.82, 2.24) is 14.9 Å². The summed E-state index contributed by atoms with van der Waals surface area (Å²) in [5.74, 6) is 0.381. The SMILES string of the molecule is N#CCN1CCC(Nc2ncc[nH]c2=O)CC1. The van der Waals surface area contributed by atoms with Gasteiger partial charge >= 0.3 is 0 Å². The van der Waals surface area contributed by atoms with E-state index in [0.29, 0.717) is 12.4 Å². The van der Waals surface area contributed by atoms with Gasteiger partial charge in [0.1, 0.15) is 0 Å². The maximum absolute atomic E-state index is 11.4. The summed E-state index contributed by atoms with van der Waals surface area (Å²) >= 11 is 0. The molecule has 1 saturated heterocycles. The molecule has 6 heteroatoms. The first-order valence-electron chi connectivity index (χ1n) is 5.69. The summed E-state index contributed by atoms with van der Waals surface area (Å²) in [4.78, 5) is 20.1. The number of likely N-dealkylation sites (tertiary alicyclic amines) is 1. The van der Waals surface area contributed by atoms with Gasteiger partial charge < -0.3 is 10.3 Å². The monoisotopic (exact) mass is 233 g/mol. The van der Waals surface area contributed by atoms with Crippen molar-refractivity contribution >= 4 is 5.82 Å². The van der Waals surface area contributed by atoms with Crippen LogP contribution in [0.2, 0.25) is 0 Å². The van der Waals surface area contributed by atoms with Crippen LogP contribution < -0.4 is 10.9 Å². The molecule has 1 aromatic heterocycles. The van der Waals surface area contributed by atoms with Crippen molar-refractivity contribution in [3.63, 3.8) is 0 Å². The zero-order valence-electron chi connectivity index (χ0n) is 9.52. The number of nitrogens with one attached hydrogen (secondary N) is 2. The highest BCUT2D eigenvalue weighted by Crippen LogP contribution is 2.12. The molecule has 0 amide bonds. The lowest BCUT2D eigenvalue weighted by atomic mass is 10.1. The molecule has 1 aliphatic heterocycles. The average molecular weight is 233 g/mol. The number of hydrogen-bond donors (Lipinski definition) is 2. The Hall–Kier alpha value is -1.87. The first-order valence-corrected chi connectivity index (χ1v) is 5.69. The molecule has 6 nitrogen and oxygen atoms in total. The van der Waals surface area contributed by atoms with Gasteiger partial charge in [0.05, 0.1) is 12.6 Å². The van der Waals surface area contributed by atoms with Crippen molar-refractivity contribution in [2.45, 2.75) is 18.9 Å². The minimum Gasteiger partial charge on any atom is -0.363 e. The largest absolute Gasteiger partial charge is 0.363 e. The van der Waals surface area contributed by atoms with E-state index in [0.717, 1.165) is 25.9 Å². The van der Waals surface area contributed by atoms with Gasteiger partial charge in [-0.15, -0.1) is 0 Å². The van der Waals surface area contributed by atoms with Crippen LogP contribution in [0.3, 0.4) is 0 Å². The normalized spacial score (nSPS) is 17.6. The molecule has 0 aliphatic carbocycles. The summed E-state index contributed by atoms with van der Waals surface area (Å²) in [7, 11) is 0. The summed E-state index contributed by atoms with van der Waals surface area (Å²) in [5, 5.41) is 11.7. The first-order chi connectivity index (χ1) is 8.29. The quantitative estimate of drug-likeness (QED) is 0.727. The van der Waals surface area contributed by atoms with Gasteiger partial charge in [-0.05, 0) is 12.8 Å². The lowest BCUT2D eigenvalue weighted by molar-refractivity contribution is 0.242. The molecule has 0 unspecified atom stereocenters. The van der Waals surface area contributed by atoms with Gasteiger partial charge in [-0.1, -0.05) is 0 Å². The Bertz CT molecular complexity index is 455. The minimum atomic E-state index is -0.188. The molecule has 0 spiro atoms. The van der Waals surface area contributed by atoms with Crippen LogP contribution >= 0.6 is 0 Å². The van der Waals surface area contributed by atoms with Crippen LogP contribution in [0.15, 0.2) is 17.2 Å². The lowest BCUT2D eigenvalue weighted by Gasteiger charge is -2.30. The fourth-order valence-electron chi connectivity index (χ4n) is 1.98. The van der Waals surface area contributed by atoms with Gasteiger partial charge in [-0.25, -0.2) is 4.98 Å². The van der Waals surface area contributed by atoms with Gasteiger partial charge in [-0.2, -0.15) is 5.26 Å². The molecule has 1 aliphatic rings. The third kappa shape index (κ3) is 3.04. The van der Waals surface area contributed by atoms with Gasteiger partial charge in [-0.3, -0.25) is 9.69 Å². The number of anilines is 1. The van der Waals surface area contributed by atoms with E-state index >= 15 is 0 Å². The second kappa shape index (κ2) is 5.46. The summed E-state index contributed by atoms with van der Waals surface area (Å²) in [6.07, 6.45) is 4.94. The summed E-state index contributed by atoms with van der Waals surface area (Å²) in [5.41, 5.74) is -0.188. The smallest absolute Gasteiger partial charge is 0.290 e. The number of piperidine rings is 1. The first kappa shape index (κ1) is 11.6. The molecule has 90 valence electrons. The van der Waals surface area contributed by atoms with Crippen LogP contribution in [0.1, 0.15) is 12.8 Å². The Morgan fingerprint density at radius 3 is 3.00 bits per heavy atom. The van der Waals surface area contributed by atoms with E-state index in [1.807, 2.05) is 0 Å². The highest BCUT2D eigenvalue weighted by Gasteiger charge is 2.19. The number of hydrogen-bond acceptors (Lipinski definition) is 5. The molecule has 0 saturated carbocycles. The lowest BCUT2D eigenvalue weighted by Crippen LogP contribution is -2.40. The molecule has 0 radical (unpaired) electrons. The van der Waals surface area contributed by atoms with E-state index in [4.69, 9.17) is 5.26 Å². The molecule has 2 rings (SSSR count). The summed E-state index contributed by atoms with van der Waals surface area (Å²) in [6.45, 7) is 2.25. The van der Waals surface area contributed by atoms with Gasteiger partial charge in [0.15, 0.2) is 5.82 Å². The van der Waals surface area contributed by atoms with E-state index in [1.54, 1.807) is 6.20 Å². The fraction of sp³-hybridized carbons (Fsp3) is 0.545. The van der Waals surface area contributed by atoms with Gasteiger partial charge in [0.25, 0.3) is 5.56 Å². The maximum atomic E-state index is 11.4. The maximum Gasteiger partial charge on any atom is 0.290 e. The molecule has 2 heterocycles. The van der Waals surface area contributed by atoms with E-state index in [-0.39, 0.29) is 11.6 Å². The molecule has 0 bridgehead atoms. The number of aromatic nitrogens is 2. The predicted octanol–water partition coefficient (Wildman–Crippen LogP) is 0.170.